The predicted octanol–water partition coefficient (Wildman–Crippen LogP) is 1.35. The average molecular weight is 289 g/mol. The first kappa shape index (κ1) is 15.0. The van der Waals surface area contributed by atoms with E-state index in [0.717, 1.165) is 12.8 Å². The lowest BCUT2D eigenvalue weighted by atomic mass is 10.3. The molecule has 0 atom stereocenters. The van der Waals surface area contributed by atoms with Gasteiger partial charge >= 0.3 is 0 Å². The van der Waals surface area contributed by atoms with Gasteiger partial charge in [0.15, 0.2) is 0 Å². The minimum atomic E-state index is -0.343. The zero-order valence-electron chi connectivity index (χ0n) is 11.9. The van der Waals surface area contributed by atoms with Crippen molar-refractivity contribution >= 4 is 11.6 Å². The van der Waals surface area contributed by atoms with E-state index in [4.69, 9.17) is 10.5 Å². The Bertz CT molecular complexity index is 579. The van der Waals surface area contributed by atoms with Crippen molar-refractivity contribution in [3.63, 3.8) is 0 Å². The van der Waals surface area contributed by atoms with Crippen LogP contribution in [0.2, 0.25) is 0 Å². The molecule has 0 spiro atoms. The van der Waals surface area contributed by atoms with Gasteiger partial charge in [-0.3, -0.25) is 9.89 Å². The summed E-state index contributed by atoms with van der Waals surface area (Å²) >= 11 is 0. The van der Waals surface area contributed by atoms with E-state index < -0.39 is 0 Å². The number of carbonyl (C=O) groups is 1. The highest BCUT2D eigenvalue weighted by Crippen LogP contribution is 2.16. The van der Waals surface area contributed by atoms with Crippen molar-refractivity contribution in [3.8, 4) is 5.75 Å². The van der Waals surface area contributed by atoms with Gasteiger partial charge in [0.25, 0.3) is 5.91 Å². The third-order valence-electron chi connectivity index (χ3n) is 2.72. The Morgan fingerprint density at radius 2 is 2.14 bits per heavy atom. The third-order valence-corrected chi connectivity index (χ3v) is 2.72. The van der Waals surface area contributed by atoms with Crippen LogP contribution in [0.4, 0.5) is 5.69 Å². The minimum Gasteiger partial charge on any atom is -0.492 e. The monoisotopic (exact) mass is 289 g/mol. The molecule has 7 nitrogen and oxygen atoms in total. The molecule has 4 N–H and O–H groups in total. The molecule has 21 heavy (non-hydrogen) atoms. The number of nitrogens with zero attached hydrogens (tertiary/aromatic N) is 2. The van der Waals surface area contributed by atoms with Crippen LogP contribution in [0.3, 0.4) is 0 Å². The van der Waals surface area contributed by atoms with Crippen molar-refractivity contribution in [1.82, 2.24) is 15.2 Å². The van der Waals surface area contributed by atoms with Crippen molar-refractivity contribution in [2.45, 2.75) is 19.8 Å². The molecule has 2 rings (SSSR count). The van der Waals surface area contributed by atoms with E-state index >= 15 is 0 Å². The van der Waals surface area contributed by atoms with Gasteiger partial charge < -0.3 is 15.8 Å². The van der Waals surface area contributed by atoms with Crippen LogP contribution in [-0.2, 0) is 6.42 Å². The number of amides is 1. The number of H-pyrrole nitrogens is 1. The second-order valence-corrected chi connectivity index (χ2v) is 4.47. The van der Waals surface area contributed by atoms with Crippen LogP contribution in [0.1, 0.15) is 29.8 Å². The van der Waals surface area contributed by atoms with Gasteiger partial charge in [-0.2, -0.15) is 0 Å². The van der Waals surface area contributed by atoms with Crippen LogP contribution in [0, 0.1) is 0 Å². The van der Waals surface area contributed by atoms with Gasteiger partial charge in [0.2, 0.25) is 5.82 Å². The molecular weight excluding hydrogens is 270 g/mol. The molecule has 0 aliphatic heterocycles. The van der Waals surface area contributed by atoms with Crippen molar-refractivity contribution in [3.05, 3.63) is 35.9 Å². The summed E-state index contributed by atoms with van der Waals surface area (Å²) in [5.74, 6) is 1.22. The number of carbonyl (C=O) groups excluding carboxylic acids is 1. The quantitative estimate of drug-likeness (QED) is 0.713. The maximum absolute atomic E-state index is 12.0. The summed E-state index contributed by atoms with van der Waals surface area (Å²) in [6, 6.07) is 7.05. The highest BCUT2D eigenvalue weighted by molar-refractivity contribution is 6.01. The molecule has 0 aliphatic carbocycles. The number of benzene rings is 1. The molecule has 0 saturated carbocycles. The highest BCUT2D eigenvalue weighted by atomic mass is 16.5. The Kier molecular flexibility index (Phi) is 5.28. The van der Waals surface area contributed by atoms with Crippen molar-refractivity contribution < 1.29 is 9.53 Å². The summed E-state index contributed by atoms with van der Waals surface area (Å²) in [5, 5.41) is 9.39. The predicted molar refractivity (Wildman–Crippen MR) is 79.3 cm³/mol. The molecule has 2 aromatic rings. The molecule has 0 bridgehead atoms. The number of aryl methyl sites for hydroxylation is 1. The van der Waals surface area contributed by atoms with Crippen molar-refractivity contribution in [2.75, 3.05) is 18.5 Å². The number of aromatic nitrogens is 3. The van der Waals surface area contributed by atoms with Gasteiger partial charge in [-0.05, 0) is 30.7 Å². The average Bonchev–Trinajstić information content (AvgIpc) is 2.96. The molecule has 0 aliphatic rings. The third kappa shape index (κ3) is 4.28. The van der Waals surface area contributed by atoms with Gasteiger partial charge in [0.05, 0.1) is 0 Å². The molecule has 0 saturated heterocycles. The first-order chi connectivity index (χ1) is 10.2. The first-order valence-corrected chi connectivity index (χ1v) is 6.88. The van der Waals surface area contributed by atoms with Gasteiger partial charge in [-0.1, -0.05) is 6.92 Å². The summed E-state index contributed by atoms with van der Waals surface area (Å²) < 4.78 is 5.36. The number of hydrogen-bond acceptors (Lipinski definition) is 5. The SMILES string of the molecule is CCCc1nc(C(=O)Nc2ccc(OCCN)cc2)n[nH]1. The number of nitrogens with two attached hydrogens (primary N) is 1. The molecule has 1 aromatic carbocycles. The molecule has 7 heteroatoms. The standard InChI is InChI=1S/C14H19N5O2/c1-2-3-12-17-13(19-18-12)14(20)16-10-4-6-11(7-5-10)21-9-8-15/h4-7H,2-3,8-9,15H2,1H3,(H,16,20)(H,17,18,19). The second-order valence-electron chi connectivity index (χ2n) is 4.47. The summed E-state index contributed by atoms with van der Waals surface area (Å²) in [6.45, 7) is 2.96. The summed E-state index contributed by atoms with van der Waals surface area (Å²) in [4.78, 5) is 16.1. The lowest BCUT2D eigenvalue weighted by Gasteiger charge is -2.06. The van der Waals surface area contributed by atoms with E-state index in [-0.39, 0.29) is 11.7 Å². The Hall–Kier alpha value is -2.41. The van der Waals surface area contributed by atoms with Crippen molar-refractivity contribution in [1.29, 1.82) is 0 Å². The number of ether oxygens (including phenoxy) is 1. The summed E-state index contributed by atoms with van der Waals surface area (Å²) in [5.41, 5.74) is 6.02. The molecule has 1 amide bonds. The fraction of sp³-hybridized carbons (Fsp3) is 0.357. The van der Waals surface area contributed by atoms with E-state index in [9.17, 15) is 4.79 Å². The maximum Gasteiger partial charge on any atom is 0.295 e. The first-order valence-electron chi connectivity index (χ1n) is 6.88. The smallest absolute Gasteiger partial charge is 0.295 e. The molecule has 112 valence electrons. The Labute approximate surface area is 122 Å². The molecule has 0 fully saturated rings. The normalized spacial score (nSPS) is 10.4. The van der Waals surface area contributed by atoms with Crippen LogP contribution >= 0.6 is 0 Å². The molecule has 0 radical (unpaired) electrons. The van der Waals surface area contributed by atoms with Gasteiger partial charge in [-0.25, -0.2) is 4.98 Å². The summed E-state index contributed by atoms with van der Waals surface area (Å²) in [7, 11) is 0. The number of anilines is 1. The van der Waals surface area contributed by atoms with Gasteiger partial charge in [0.1, 0.15) is 18.2 Å². The second kappa shape index (κ2) is 7.39. The molecule has 1 heterocycles. The largest absolute Gasteiger partial charge is 0.492 e. The fourth-order valence-electron chi connectivity index (χ4n) is 1.74. The van der Waals surface area contributed by atoms with E-state index in [1.165, 1.54) is 0 Å². The fourth-order valence-corrected chi connectivity index (χ4v) is 1.74. The molecular formula is C14H19N5O2. The van der Waals surface area contributed by atoms with Gasteiger partial charge in [-0.15, -0.1) is 5.10 Å². The zero-order chi connectivity index (χ0) is 15.1. The van der Waals surface area contributed by atoms with Crippen LogP contribution in [0.5, 0.6) is 5.75 Å². The summed E-state index contributed by atoms with van der Waals surface area (Å²) in [6.07, 6.45) is 1.72. The number of rotatable bonds is 7. The minimum absolute atomic E-state index is 0.141. The van der Waals surface area contributed by atoms with E-state index in [2.05, 4.69) is 20.5 Å². The van der Waals surface area contributed by atoms with Crippen LogP contribution < -0.4 is 15.8 Å². The molecule has 0 unspecified atom stereocenters. The van der Waals surface area contributed by atoms with E-state index in [0.29, 0.717) is 30.4 Å². The van der Waals surface area contributed by atoms with Crippen LogP contribution in [0.25, 0.3) is 0 Å². The molecule has 1 aromatic heterocycles. The van der Waals surface area contributed by atoms with Crippen molar-refractivity contribution in [2.24, 2.45) is 5.73 Å². The lowest BCUT2D eigenvalue weighted by molar-refractivity contribution is 0.101. The van der Waals surface area contributed by atoms with Gasteiger partial charge in [0, 0.05) is 18.7 Å². The number of hydrogen-bond donors (Lipinski definition) is 3. The topological polar surface area (TPSA) is 106 Å². The lowest BCUT2D eigenvalue weighted by Crippen LogP contribution is -2.14. The Morgan fingerprint density at radius 3 is 2.81 bits per heavy atom. The van der Waals surface area contributed by atoms with E-state index in [1.54, 1.807) is 24.3 Å². The number of nitrogens with one attached hydrogen (secondary N) is 2. The zero-order valence-corrected chi connectivity index (χ0v) is 11.9. The number of aromatic amines is 1. The van der Waals surface area contributed by atoms with Crippen LogP contribution in [-0.4, -0.2) is 34.2 Å². The highest BCUT2D eigenvalue weighted by Gasteiger charge is 2.12. The maximum atomic E-state index is 12.0. The Morgan fingerprint density at radius 1 is 1.38 bits per heavy atom. The van der Waals surface area contributed by atoms with E-state index in [1.807, 2.05) is 6.92 Å². The Balaban J connectivity index is 1.95. The van der Waals surface area contributed by atoms with Crippen LogP contribution in [0.15, 0.2) is 24.3 Å².